The minimum Gasteiger partial charge on any atom is -0.493 e. The molecule has 0 unspecified atom stereocenters. The number of nitrogen functional groups attached to an aromatic ring is 1. The molecule has 0 radical (unpaired) electrons. The maximum absolute atomic E-state index is 10.9. The van der Waals surface area contributed by atoms with Gasteiger partial charge in [-0.3, -0.25) is 0 Å². The van der Waals surface area contributed by atoms with Crippen LogP contribution in [0, 0.1) is 0 Å². The van der Waals surface area contributed by atoms with Crippen LogP contribution >= 0.6 is 0 Å². The van der Waals surface area contributed by atoms with Gasteiger partial charge in [0.25, 0.3) is 0 Å². The molecule has 88 valence electrons. The van der Waals surface area contributed by atoms with Crippen LogP contribution in [0.1, 0.15) is 23.7 Å². The number of carboxylic acid groups (broad SMARTS) is 1. The molecular formula is C11H15NO4. The quantitative estimate of drug-likeness (QED) is 0.746. The Morgan fingerprint density at radius 1 is 1.44 bits per heavy atom. The zero-order chi connectivity index (χ0) is 12.1. The van der Waals surface area contributed by atoms with Crippen molar-refractivity contribution >= 4 is 11.7 Å². The lowest BCUT2D eigenvalue weighted by atomic mass is 10.1. The number of methoxy groups -OCH3 is 1. The van der Waals surface area contributed by atoms with Crippen molar-refractivity contribution in [2.75, 3.05) is 19.5 Å². The minimum atomic E-state index is -1.08. The standard InChI is InChI=1S/C11H15NO4/c1-3-4-16-10-5-7(11(13)14)8(12)6-9(10)15-2/h5-6H,3-4,12H2,1-2H3,(H,13,14). The van der Waals surface area contributed by atoms with Crippen LogP contribution in [0.4, 0.5) is 5.69 Å². The molecule has 0 aromatic heterocycles. The molecule has 0 aliphatic rings. The highest BCUT2D eigenvalue weighted by atomic mass is 16.5. The van der Waals surface area contributed by atoms with Crippen LogP contribution in [0.2, 0.25) is 0 Å². The van der Waals surface area contributed by atoms with E-state index in [0.29, 0.717) is 18.1 Å². The maximum Gasteiger partial charge on any atom is 0.337 e. The fourth-order valence-electron chi connectivity index (χ4n) is 1.25. The lowest BCUT2D eigenvalue weighted by Gasteiger charge is -2.12. The predicted octanol–water partition coefficient (Wildman–Crippen LogP) is 1.76. The Morgan fingerprint density at radius 3 is 2.62 bits per heavy atom. The van der Waals surface area contributed by atoms with Gasteiger partial charge in [-0.05, 0) is 6.42 Å². The molecule has 5 nitrogen and oxygen atoms in total. The van der Waals surface area contributed by atoms with Crippen LogP contribution in [0.5, 0.6) is 11.5 Å². The summed E-state index contributed by atoms with van der Waals surface area (Å²) in [7, 11) is 1.48. The molecule has 0 fully saturated rings. The number of benzene rings is 1. The summed E-state index contributed by atoms with van der Waals surface area (Å²) in [6.07, 6.45) is 0.829. The van der Waals surface area contributed by atoms with Gasteiger partial charge in [0.15, 0.2) is 11.5 Å². The lowest BCUT2D eigenvalue weighted by Crippen LogP contribution is -2.05. The van der Waals surface area contributed by atoms with Gasteiger partial charge in [-0.1, -0.05) is 6.92 Å². The van der Waals surface area contributed by atoms with Gasteiger partial charge in [0.05, 0.1) is 25.0 Å². The number of carboxylic acids is 1. The van der Waals surface area contributed by atoms with Gasteiger partial charge in [0.1, 0.15) is 0 Å². The summed E-state index contributed by atoms with van der Waals surface area (Å²) in [6, 6.07) is 2.83. The smallest absolute Gasteiger partial charge is 0.337 e. The number of hydrogen-bond acceptors (Lipinski definition) is 4. The van der Waals surface area contributed by atoms with E-state index < -0.39 is 5.97 Å². The normalized spacial score (nSPS) is 9.88. The van der Waals surface area contributed by atoms with Gasteiger partial charge < -0.3 is 20.3 Å². The van der Waals surface area contributed by atoms with E-state index in [1.165, 1.54) is 19.2 Å². The maximum atomic E-state index is 10.9. The first-order valence-electron chi connectivity index (χ1n) is 4.93. The largest absolute Gasteiger partial charge is 0.493 e. The fourth-order valence-corrected chi connectivity index (χ4v) is 1.25. The Morgan fingerprint density at radius 2 is 2.12 bits per heavy atom. The van der Waals surface area contributed by atoms with Crippen LogP contribution in [0.15, 0.2) is 12.1 Å². The molecule has 0 saturated carbocycles. The number of aromatic carboxylic acids is 1. The predicted molar refractivity (Wildman–Crippen MR) is 60.2 cm³/mol. The van der Waals surface area contributed by atoms with E-state index in [2.05, 4.69) is 0 Å². The summed E-state index contributed by atoms with van der Waals surface area (Å²) < 4.78 is 10.4. The van der Waals surface area contributed by atoms with Crippen molar-refractivity contribution < 1.29 is 19.4 Å². The topological polar surface area (TPSA) is 81.8 Å². The van der Waals surface area contributed by atoms with Crippen molar-refractivity contribution in [1.82, 2.24) is 0 Å². The van der Waals surface area contributed by atoms with Crippen LogP contribution in [0.3, 0.4) is 0 Å². The van der Waals surface area contributed by atoms with Crippen molar-refractivity contribution in [3.63, 3.8) is 0 Å². The van der Waals surface area contributed by atoms with Gasteiger partial charge in [-0.25, -0.2) is 4.79 Å². The minimum absolute atomic E-state index is 0.0203. The summed E-state index contributed by atoms with van der Waals surface area (Å²) in [4.78, 5) is 10.9. The first-order chi connectivity index (χ1) is 7.60. The van der Waals surface area contributed by atoms with Gasteiger partial charge >= 0.3 is 5.97 Å². The average molecular weight is 225 g/mol. The molecule has 0 amide bonds. The van der Waals surface area contributed by atoms with Crippen LogP contribution in [-0.4, -0.2) is 24.8 Å². The third-order valence-corrected chi connectivity index (χ3v) is 2.03. The summed E-state index contributed by atoms with van der Waals surface area (Å²) in [5, 5.41) is 8.90. The Bertz CT molecular complexity index is 390. The van der Waals surface area contributed by atoms with Gasteiger partial charge in [-0.15, -0.1) is 0 Å². The molecule has 1 aromatic carbocycles. The second-order valence-corrected chi connectivity index (χ2v) is 3.24. The second-order valence-electron chi connectivity index (χ2n) is 3.24. The molecule has 1 aromatic rings. The number of carbonyl (C=O) groups is 1. The van der Waals surface area contributed by atoms with Crippen LogP contribution in [0.25, 0.3) is 0 Å². The molecule has 0 aliphatic heterocycles. The van der Waals surface area contributed by atoms with Crippen molar-refractivity contribution in [3.05, 3.63) is 17.7 Å². The Hall–Kier alpha value is -1.91. The molecule has 0 bridgehead atoms. The highest BCUT2D eigenvalue weighted by molar-refractivity contribution is 5.94. The fraction of sp³-hybridized carbons (Fsp3) is 0.364. The van der Waals surface area contributed by atoms with Crippen LogP contribution in [-0.2, 0) is 0 Å². The number of anilines is 1. The third-order valence-electron chi connectivity index (χ3n) is 2.03. The summed E-state index contributed by atoms with van der Waals surface area (Å²) >= 11 is 0. The van der Waals surface area contributed by atoms with E-state index in [9.17, 15) is 4.79 Å². The number of hydrogen-bond donors (Lipinski definition) is 2. The molecule has 0 atom stereocenters. The SMILES string of the molecule is CCCOc1cc(C(=O)O)c(N)cc1OC. The molecule has 0 heterocycles. The molecule has 16 heavy (non-hydrogen) atoms. The molecule has 5 heteroatoms. The Kier molecular flexibility index (Phi) is 3.99. The molecule has 1 rings (SSSR count). The molecule has 0 spiro atoms. The third kappa shape index (κ3) is 2.56. The van der Waals surface area contributed by atoms with Crippen molar-refractivity contribution in [1.29, 1.82) is 0 Å². The monoisotopic (exact) mass is 225 g/mol. The average Bonchev–Trinajstić information content (AvgIpc) is 2.26. The number of rotatable bonds is 5. The van der Waals surface area contributed by atoms with Crippen molar-refractivity contribution in [3.8, 4) is 11.5 Å². The van der Waals surface area contributed by atoms with Crippen LogP contribution < -0.4 is 15.2 Å². The summed E-state index contributed by atoms with van der Waals surface area (Å²) in [5.74, 6) is -0.242. The zero-order valence-corrected chi connectivity index (χ0v) is 9.32. The van der Waals surface area contributed by atoms with E-state index in [4.69, 9.17) is 20.3 Å². The van der Waals surface area contributed by atoms with Gasteiger partial charge in [-0.2, -0.15) is 0 Å². The number of ether oxygens (including phenoxy) is 2. The second kappa shape index (κ2) is 5.25. The van der Waals surface area contributed by atoms with E-state index >= 15 is 0 Å². The van der Waals surface area contributed by atoms with E-state index in [-0.39, 0.29) is 11.3 Å². The highest BCUT2D eigenvalue weighted by Crippen LogP contribution is 2.32. The van der Waals surface area contributed by atoms with E-state index in [0.717, 1.165) is 6.42 Å². The Labute approximate surface area is 93.8 Å². The Balaban J connectivity index is 3.12. The van der Waals surface area contributed by atoms with Gasteiger partial charge in [0.2, 0.25) is 0 Å². The number of nitrogens with two attached hydrogens (primary N) is 1. The zero-order valence-electron chi connectivity index (χ0n) is 9.32. The lowest BCUT2D eigenvalue weighted by molar-refractivity contribution is 0.0697. The highest BCUT2D eigenvalue weighted by Gasteiger charge is 2.14. The molecule has 3 N–H and O–H groups in total. The van der Waals surface area contributed by atoms with Gasteiger partial charge in [0, 0.05) is 12.1 Å². The van der Waals surface area contributed by atoms with Crippen molar-refractivity contribution in [2.24, 2.45) is 0 Å². The summed E-state index contributed by atoms with van der Waals surface area (Å²) in [6.45, 7) is 2.46. The van der Waals surface area contributed by atoms with E-state index in [1.807, 2.05) is 6.92 Å². The van der Waals surface area contributed by atoms with E-state index in [1.54, 1.807) is 0 Å². The summed E-state index contributed by atoms with van der Waals surface area (Å²) in [5.41, 5.74) is 5.76. The first-order valence-corrected chi connectivity index (χ1v) is 4.93. The molecular weight excluding hydrogens is 210 g/mol. The van der Waals surface area contributed by atoms with Crippen molar-refractivity contribution in [2.45, 2.75) is 13.3 Å². The molecule has 0 aliphatic carbocycles. The molecule has 0 saturated heterocycles. The first kappa shape index (κ1) is 12.2.